The van der Waals surface area contributed by atoms with E-state index in [1.54, 1.807) is 11.8 Å². The number of anilines is 1. The number of hydrogen-bond donors (Lipinski definition) is 1. The van der Waals surface area contributed by atoms with Crippen LogP contribution in [-0.2, 0) is 9.59 Å². The molecule has 5 nitrogen and oxygen atoms in total. The summed E-state index contributed by atoms with van der Waals surface area (Å²) in [5.41, 5.74) is 1.25. The van der Waals surface area contributed by atoms with Crippen molar-refractivity contribution in [2.75, 3.05) is 30.3 Å². The highest BCUT2D eigenvalue weighted by Crippen LogP contribution is 2.47. The minimum atomic E-state index is -0.295. The van der Waals surface area contributed by atoms with Crippen molar-refractivity contribution in [1.82, 2.24) is 10.2 Å². The number of nitrogens with one attached hydrogen (secondary N) is 1. The molecular formula is C19H25N3O2S. The number of carbonyl (C=O) groups excluding carboxylic acids is 2. The van der Waals surface area contributed by atoms with Gasteiger partial charge >= 0.3 is 0 Å². The van der Waals surface area contributed by atoms with Gasteiger partial charge in [-0.3, -0.25) is 9.59 Å². The summed E-state index contributed by atoms with van der Waals surface area (Å²) in [6.07, 6.45) is 2.52. The molecule has 3 saturated heterocycles. The molecule has 134 valence electrons. The Labute approximate surface area is 153 Å². The number of fused-ring (bicyclic) bond motifs is 1. The fraction of sp³-hybridized carbons (Fsp3) is 0.579. The summed E-state index contributed by atoms with van der Waals surface area (Å²) in [6.45, 7) is 4.79. The van der Waals surface area contributed by atoms with Gasteiger partial charge in [0.1, 0.15) is 6.04 Å². The van der Waals surface area contributed by atoms with Crippen molar-refractivity contribution in [1.29, 1.82) is 0 Å². The number of carbonyl (C=O) groups is 2. The Bertz CT molecular complexity index is 668. The zero-order valence-electron chi connectivity index (χ0n) is 14.6. The fourth-order valence-electron chi connectivity index (χ4n) is 4.25. The average Bonchev–Trinajstić information content (AvgIpc) is 3.30. The predicted molar refractivity (Wildman–Crippen MR) is 101 cm³/mol. The van der Waals surface area contributed by atoms with Crippen LogP contribution in [0.1, 0.15) is 26.2 Å². The van der Waals surface area contributed by atoms with Crippen molar-refractivity contribution < 1.29 is 9.59 Å². The van der Waals surface area contributed by atoms with E-state index in [0.717, 1.165) is 31.7 Å². The summed E-state index contributed by atoms with van der Waals surface area (Å²) >= 11 is 1.75. The van der Waals surface area contributed by atoms with E-state index >= 15 is 0 Å². The molecule has 4 rings (SSSR count). The van der Waals surface area contributed by atoms with E-state index in [-0.39, 0.29) is 22.7 Å². The summed E-state index contributed by atoms with van der Waals surface area (Å²) < 4.78 is 0. The predicted octanol–water partition coefficient (Wildman–Crippen LogP) is 2.08. The molecule has 0 bridgehead atoms. The Kier molecular flexibility index (Phi) is 4.40. The molecule has 1 aromatic carbocycles. The van der Waals surface area contributed by atoms with Gasteiger partial charge in [0.25, 0.3) is 0 Å². The second-order valence-electron chi connectivity index (χ2n) is 7.45. The first kappa shape index (κ1) is 16.8. The average molecular weight is 359 g/mol. The molecule has 1 aromatic rings. The molecule has 6 heteroatoms. The van der Waals surface area contributed by atoms with E-state index in [1.165, 1.54) is 5.69 Å². The van der Waals surface area contributed by atoms with Crippen molar-refractivity contribution in [3.63, 3.8) is 0 Å². The topological polar surface area (TPSA) is 52.7 Å². The van der Waals surface area contributed by atoms with Crippen LogP contribution in [0.25, 0.3) is 0 Å². The number of benzene rings is 1. The van der Waals surface area contributed by atoms with Gasteiger partial charge in [-0.15, -0.1) is 11.8 Å². The SMILES string of the molecule is C[C@]12CCC(=O)N1[C@H](C(=O)NC[C@H]1CCN(c3ccccc3)C1)CS2. The Balaban J connectivity index is 1.31. The Morgan fingerprint density at radius 1 is 1.36 bits per heavy atom. The first-order valence-electron chi connectivity index (χ1n) is 9.11. The summed E-state index contributed by atoms with van der Waals surface area (Å²) in [5.74, 6) is 1.33. The lowest BCUT2D eigenvalue weighted by Gasteiger charge is -2.30. The van der Waals surface area contributed by atoms with E-state index < -0.39 is 0 Å². The minimum Gasteiger partial charge on any atom is -0.371 e. The molecule has 0 unspecified atom stereocenters. The second-order valence-corrected chi connectivity index (χ2v) is 8.95. The lowest BCUT2D eigenvalue weighted by atomic mass is 10.1. The molecule has 25 heavy (non-hydrogen) atoms. The largest absolute Gasteiger partial charge is 0.371 e. The van der Waals surface area contributed by atoms with E-state index in [4.69, 9.17) is 0 Å². The van der Waals surface area contributed by atoms with Crippen LogP contribution in [0.4, 0.5) is 5.69 Å². The van der Waals surface area contributed by atoms with Crippen molar-refractivity contribution in [2.24, 2.45) is 5.92 Å². The summed E-state index contributed by atoms with van der Waals surface area (Å²) in [5, 5.41) is 3.12. The lowest BCUT2D eigenvalue weighted by Crippen LogP contribution is -2.50. The van der Waals surface area contributed by atoms with Crippen molar-refractivity contribution in [3.05, 3.63) is 30.3 Å². The van der Waals surface area contributed by atoms with Gasteiger partial charge in [0.2, 0.25) is 11.8 Å². The van der Waals surface area contributed by atoms with Gasteiger partial charge in [-0.05, 0) is 37.8 Å². The number of thioether (sulfide) groups is 1. The Morgan fingerprint density at radius 2 is 2.16 bits per heavy atom. The maximum absolute atomic E-state index is 12.7. The summed E-state index contributed by atoms with van der Waals surface area (Å²) in [7, 11) is 0. The molecule has 0 aliphatic carbocycles. The zero-order chi connectivity index (χ0) is 17.4. The molecule has 0 aromatic heterocycles. The molecule has 3 aliphatic rings. The van der Waals surface area contributed by atoms with Crippen LogP contribution >= 0.6 is 11.8 Å². The Hall–Kier alpha value is -1.69. The molecule has 3 fully saturated rings. The van der Waals surface area contributed by atoms with Crippen LogP contribution in [0.3, 0.4) is 0 Å². The Morgan fingerprint density at radius 3 is 2.96 bits per heavy atom. The highest BCUT2D eigenvalue weighted by molar-refractivity contribution is 8.01. The van der Waals surface area contributed by atoms with Gasteiger partial charge in [0.05, 0.1) is 4.87 Å². The van der Waals surface area contributed by atoms with E-state index in [9.17, 15) is 9.59 Å². The molecule has 0 radical (unpaired) electrons. The molecule has 3 heterocycles. The molecule has 1 N–H and O–H groups in total. The number of rotatable bonds is 4. The van der Waals surface area contributed by atoms with Crippen LogP contribution in [0.2, 0.25) is 0 Å². The molecule has 3 aliphatic heterocycles. The van der Waals surface area contributed by atoms with Crippen molar-refractivity contribution in [2.45, 2.75) is 37.1 Å². The number of para-hydroxylation sites is 1. The first-order chi connectivity index (χ1) is 12.1. The smallest absolute Gasteiger partial charge is 0.243 e. The van der Waals surface area contributed by atoms with Crippen LogP contribution in [0, 0.1) is 5.92 Å². The van der Waals surface area contributed by atoms with Crippen molar-refractivity contribution >= 4 is 29.3 Å². The minimum absolute atomic E-state index is 0.0182. The van der Waals surface area contributed by atoms with Gasteiger partial charge in [0, 0.05) is 37.5 Å². The first-order valence-corrected chi connectivity index (χ1v) is 10.1. The quantitative estimate of drug-likeness (QED) is 0.894. The van der Waals surface area contributed by atoms with E-state index in [0.29, 0.717) is 18.9 Å². The molecular weight excluding hydrogens is 334 g/mol. The summed E-state index contributed by atoms with van der Waals surface area (Å²) in [4.78, 5) is 28.9. The summed E-state index contributed by atoms with van der Waals surface area (Å²) in [6, 6.07) is 10.1. The van der Waals surface area contributed by atoms with Crippen LogP contribution in [0.5, 0.6) is 0 Å². The maximum atomic E-state index is 12.7. The number of amides is 2. The van der Waals surface area contributed by atoms with Crippen LogP contribution in [-0.4, -0.2) is 53.0 Å². The standard InChI is InChI=1S/C19H25N3O2S/c1-19-9-7-17(23)22(19)16(13-25-19)18(24)20-11-14-8-10-21(12-14)15-5-3-2-4-6-15/h2-6,14,16H,7-13H2,1H3,(H,20,24)/t14-,16+,19+/m1/s1. The van der Waals surface area contributed by atoms with Crippen molar-refractivity contribution in [3.8, 4) is 0 Å². The third-order valence-electron chi connectivity index (χ3n) is 5.72. The van der Waals surface area contributed by atoms with Gasteiger partial charge in [-0.2, -0.15) is 0 Å². The lowest BCUT2D eigenvalue weighted by molar-refractivity contribution is -0.138. The third kappa shape index (κ3) is 3.12. The van der Waals surface area contributed by atoms with E-state index in [2.05, 4.69) is 41.4 Å². The van der Waals surface area contributed by atoms with Gasteiger partial charge in [0.15, 0.2) is 0 Å². The maximum Gasteiger partial charge on any atom is 0.243 e. The van der Waals surface area contributed by atoms with Crippen LogP contribution < -0.4 is 10.2 Å². The van der Waals surface area contributed by atoms with Gasteiger partial charge in [-0.25, -0.2) is 0 Å². The third-order valence-corrected chi connectivity index (χ3v) is 7.22. The number of nitrogens with zero attached hydrogens (tertiary/aromatic N) is 2. The van der Waals surface area contributed by atoms with Gasteiger partial charge < -0.3 is 15.1 Å². The zero-order valence-corrected chi connectivity index (χ0v) is 15.4. The van der Waals surface area contributed by atoms with E-state index in [1.807, 2.05) is 11.0 Å². The normalized spacial score (nSPS) is 31.5. The second kappa shape index (κ2) is 6.56. The number of hydrogen-bond acceptors (Lipinski definition) is 4. The highest BCUT2D eigenvalue weighted by atomic mass is 32.2. The molecule has 0 saturated carbocycles. The fourth-order valence-corrected chi connectivity index (χ4v) is 5.68. The van der Waals surface area contributed by atoms with Gasteiger partial charge in [-0.1, -0.05) is 18.2 Å². The molecule has 2 amide bonds. The van der Waals surface area contributed by atoms with Crippen LogP contribution in [0.15, 0.2) is 30.3 Å². The highest BCUT2D eigenvalue weighted by Gasteiger charge is 2.52. The molecule has 3 atom stereocenters. The molecule has 0 spiro atoms. The monoisotopic (exact) mass is 359 g/mol.